The molecule has 0 radical (unpaired) electrons. The van der Waals surface area contributed by atoms with Gasteiger partial charge in [0.15, 0.2) is 5.82 Å². The second kappa shape index (κ2) is 6.88. The van der Waals surface area contributed by atoms with E-state index in [0.717, 1.165) is 32.2 Å². The molecule has 1 saturated heterocycles. The minimum atomic E-state index is -1.14. The normalized spacial score (nSPS) is 17.5. The summed E-state index contributed by atoms with van der Waals surface area (Å²) in [6.07, 6.45) is 4.01. The Labute approximate surface area is 144 Å². The van der Waals surface area contributed by atoms with Gasteiger partial charge >= 0.3 is 5.97 Å². The fraction of sp³-hybridized carbons (Fsp3) is 0.438. The molecule has 25 heavy (non-hydrogen) atoms. The molecule has 9 nitrogen and oxygen atoms in total. The molecule has 1 atom stereocenters. The van der Waals surface area contributed by atoms with E-state index in [1.807, 2.05) is 4.90 Å². The summed E-state index contributed by atoms with van der Waals surface area (Å²) in [6, 6.07) is 5.93. The molecule has 1 aromatic carbocycles. The van der Waals surface area contributed by atoms with Crippen LogP contribution in [0.25, 0.3) is 5.69 Å². The molecule has 1 aliphatic heterocycles. The highest BCUT2D eigenvalue weighted by Gasteiger charge is 2.29. The lowest BCUT2D eigenvalue weighted by Crippen LogP contribution is -2.40. The maximum atomic E-state index is 11.6. The van der Waals surface area contributed by atoms with E-state index < -0.39 is 10.9 Å². The summed E-state index contributed by atoms with van der Waals surface area (Å²) < 4.78 is 0. The van der Waals surface area contributed by atoms with Crippen LogP contribution in [-0.4, -0.2) is 43.6 Å². The summed E-state index contributed by atoms with van der Waals surface area (Å²) in [5.41, 5.74) is 0.333. The average Bonchev–Trinajstić information content (AvgIpc) is 3.07. The van der Waals surface area contributed by atoms with Gasteiger partial charge in [0.2, 0.25) is 5.69 Å². The molecule has 1 N–H and O–H groups in total. The van der Waals surface area contributed by atoms with Gasteiger partial charge in [-0.3, -0.25) is 10.1 Å². The number of hydrogen-bond acceptors (Lipinski definition) is 6. The van der Waals surface area contributed by atoms with Crippen molar-refractivity contribution in [2.24, 2.45) is 0 Å². The third-order valence-electron chi connectivity index (χ3n) is 4.46. The standard InChI is InChI=1S/C16H19N5O4/c1-2-11-5-3-4-10-19(11)15-14(16(22)23)17-20(18-15)12-6-8-13(9-7-12)21(24)25/h6-9,11H,2-5,10H2,1H3,(H,22,23)/t11-/m0/s1. The topological polar surface area (TPSA) is 114 Å². The number of benzene rings is 1. The Hall–Kier alpha value is -2.97. The van der Waals surface area contributed by atoms with Gasteiger partial charge in [0.05, 0.1) is 10.6 Å². The summed E-state index contributed by atoms with van der Waals surface area (Å²) in [5.74, 6) is -0.777. The Kier molecular flexibility index (Phi) is 4.64. The third-order valence-corrected chi connectivity index (χ3v) is 4.46. The molecule has 0 unspecified atom stereocenters. The molecule has 0 spiro atoms. The molecule has 0 aliphatic carbocycles. The van der Waals surface area contributed by atoms with Crippen LogP contribution in [-0.2, 0) is 0 Å². The van der Waals surface area contributed by atoms with E-state index in [-0.39, 0.29) is 17.4 Å². The highest BCUT2D eigenvalue weighted by atomic mass is 16.6. The zero-order chi connectivity index (χ0) is 18.0. The van der Waals surface area contributed by atoms with Gasteiger partial charge in [-0.25, -0.2) is 4.79 Å². The molecular formula is C16H19N5O4. The van der Waals surface area contributed by atoms with E-state index >= 15 is 0 Å². The first-order valence-electron chi connectivity index (χ1n) is 8.23. The lowest BCUT2D eigenvalue weighted by molar-refractivity contribution is -0.384. The first kappa shape index (κ1) is 16.9. The van der Waals surface area contributed by atoms with E-state index in [0.29, 0.717) is 11.5 Å². The molecule has 2 aromatic rings. The first-order chi connectivity index (χ1) is 12.0. The van der Waals surface area contributed by atoms with Crippen molar-refractivity contribution in [2.45, 2.75) is 38.6 Å². The molecule has 9 heteroatoms. The van der Waals surface area contributed by atoms with Crippen LogP contribution in [0.4, 0.5) is 11.5 Å². The molecule has 2 heterocycles. The van der Waals surface area contributed by atoms with E-state index in [9.17, 15) is 20.0 Å². The average molecular weight is 345 g/mol. The number of carboxylic acid groups (broad SMARTS) is 1. The Morgan fingerprint density at radius 3 is 2.64 bits per heavy atom. The van der Waals surface area contributed by atoms with Crippen LogP contribution in [0.1, 0.15) is 43.1 Å². The van der Waals surface area contributed by atoms with Crippen molar-refractivity contribution in [1.82, 2.24) is 15.0 Å². The van der Waals surface area contributed by atoms with Crippen LogP contribution in [0.3, 0.4) is 0 Å². The number of rotatable bonds is 5. The van der Waals surface area contributed by atoms with Crippen molar-refractivity contribution >= 4 is 17.5 Å². The largest absolute Gasteiger partial charge is 0.476 e. The number of carbonyl (C=O) groups is 1. The van der Waals surface area contributed by atoms with E-state index in [2.05, 4.69) is 17.1 Å². The molecular weight excluding hydrogens is 326 g/mol. The predicted octanol–water partition coefficient (Wildman–Crippen LogP) is 2.64. The summed E-state index contributed by atoms with van der Waals surface area (Å²) in [5, 5.41) is 28.7. The number of nitrogens with zero attached hydrogens (tertiary/aromatic N) is 5. The van der Waals surface area contributed by atoms with Gasteiger partial charge in [-0.2, -0.15) is 0 Å². The van der Waals surface area contributed by atoms with Crippen LogP contribution in [0.15, 0.2) is 24.3 Å². The number of aromatic carboxylic acids is 1. The number of aromatic nitrogens is 3. The van der Waals surface area contributed by atoms with E-state index in [1.165, 1.54) is 29.1 Å². The number of piperidine rings is 1. The zero-order valence-electron chi connectivity index (χ0n) is 13.8. The summed E-state index contributed by atoms with van der Waals surface area (Å²) in [4.78, 5) is 25.1. The van der Waals surface area contributed by atoms with Crippen LogP contribution >= 0.6 is 0 Å². The molecule has 3 rings (SSSR count). The van der Waals surface area contributed by atoms with Crippen molar-refractivity contribution in [1.29, 1.82) is 0 Å². The van der Waals surface area contributed by atoms with Crippen LogP contribution < -0.4 is 4.90 Å². The van der Waals surface area contributed by atoms with Crippen molar-refractivity contribution in [3.05, 3.63) is 40.1 Å². The van der Waals surface area contributed by atoms with Gasteiger partial charge in [0.1, 0.15) is 0 Å². The third kappa shape index (κ3) is 3.30. The quantitative estimate of drug-likeness (QED) is 0.654. The van der Waals surface area contributed by atoms with Gasteiger partial charge in [0.25, 0.3) is 5.69 Å². The predicted molar refractivity (Wildman–Crippen MR) is 90.2 cm³/mol. The highest BCUT2D eigenvalue weighted by molar-refractivity contribution is 5.91. The first-order valence-corrected chi connectivity index (χ1v) is 8.23. The smallest absolute Gasteiger partial charge is 0.360 e. The number of nitro groups is 1. The molecule has 132 valence electrons. The van der Waals surface area contributed by atoms with Crippen molar-refractivity contribution in [2.75, 3.05) is 11.4 Å². The molecule has 0 amide bonds. The van der Waals surface area contributed by atoms with Crippen molar-refractivity contribution < 1.29 is 14.8 Å². The fourth-order valence-electron chi connectivity index (χ4n) is 3.16. The van der Waals surface area contributed by atoms with E-state index in [4.69, 9.17) is 0 Å². The van der Waals surface area contributed by atoms with Crippen LogP contribution in [0.2, 0.25) is 0 Å². The zero-order valence-corrected chi connectivity index (χ0v) is 13.8. The molecule has 0 saturated carbocycles. The van der Waals surface area contributed by atoms with Crippen LogP contribution in [0.5, 0.6) is 0 Å². The molecule has 1 aromatic heterocycles. The fourth-order valence-corrected chi connectivity index (χ4v) is 3.16. The van der Waals surface area contributed by atoms with Gasteiger partial charge in [0, 0.05) is 24.7 Å². The highest BCUT2D eigenvalue weighted by Crippen LogP contribution is 2.28. The Balaban J connectivity index is 1.99. The number of carboxylic acids is 1. The summed E-state index contributed by atoms with van der Waals surface area (Å²) in [6.45, 7) is 2.82. The van der Waals surface area contributed by atoms with Gasteiger partial charge in [-0.05, 0) is 37.8 Å². The molecule has 0 bridgehead atoms. The lowest BCUT2D eigenvalue weighted by atomic mass is 10.00. The van der Waals surface area contributed by atoms with Crippen molar-refractivity contribution in [3.63, 3.8) is 0 Å². The number of non-ortho nitro benzene ring substituents is 1. The van der Waals surface area contributed by atoms with Crippen LogP contribution in [0, 0.1) is 10.1 Å². The SMILES string of the molecule is CC[C@H]1CCCCN1c1nn(-c2ccc([N+](=O)[O-])cc2)nc1C(=O)O. The maximum Gasteiger partial charge on any atom is 0.360 e. The Morgan fingerprint density at radius 1 is 1.32 bits per heavy atom. The monoisotopic (exact) mass is 345 g/mol. The minimum Gasteiger partial charge on any atom is -0.476 e. The van der Waals surface area contributed by atoms with Gasteiger partial charge in [-0.15, -0.1) is 15.0 Å². The lowest BCUT2D eigenvalue weighted by Gasteiger charge is -2.35. The minimum absolute atomic E-state index is 0.0448. The van der Waals surface area contributed by atoms with Crippen molar-refractivity contribution in [3.8, 4) is 5.69 Å². The number of anilines is 1. The Bertz CT molecular complexity index is 786. The van der Waals surface area contributed by atoms with Gasteiger partial charge < -0.3 is 10.0 Å². The second-order valence-electron chi connectivity index (χ2n) is 5.99. The number of hydrogen-bond donors (Lipinski definition) is 1. The summed E-state index contributed by atoms with van der Waals surface area (Å²) in [7, 11) is 0. The summed E-state index contributed by atoms with van der Waals surface area (Å²) >= 11 is 0. The molecule has 1 aliphatic rings. The Morgan fingerprint density at radius 2 is 2.04 bits per heavy atom. The van der Waals surface area contributed by atoms with E-state index in [1.54, 1.807) is 0 Å². The van der Waals surface area contributed by atoms with Gasteiger partial charge in [-0.1, -0.05) is 6.92 Å². The maximum absolute atomic E-state index is 11.6. The molecule has 1 fully saturated rings. The second-order valence-corrected chi connectivity index (χ2v) is 5.99. The number of nitro benzene ring substituents is 1.